The van der Waals surface area contributed by atoms with Crippen LogP contribution in [-0.2, 0) is 16.8 Å². The summed E-state index contributed by atoms with van der Waals surface area (Å²) in [5.41, 5.74) is 1.67. The first kappa shape index (κ1) is 13.9. The van der Waals surface area contributed by atoms with Gasteiger partial charge in [0.15, 0.2) is 0 Å². The largest absolute Gasteiger partial charge is 0.472 e. The molecule has 1 saturated heterocycles. The molecule has 0 saturated carbocycles. The predicted octanol–water partition coefficient (Wildman–Crippen LogP) is 2.22. The molecule has 1 aliphatic rings. The van der Waals surface area contributed by atoms with Crippen LogP contribution in [0.1, 0.15) is 24.0 Å². The zero-order chi connectivity index (χ0) is 14.5. The molecule has 0 spiro atoms. The van der Waals surface area contributed by atoms with E-state index < -0.39 is 5.41 Å². The zero-order valence-electron chi connectivity index (χ0n) is 12.0. The van der Waals surface area contributed by atoms with Gasteiger partial charge in [0.05, 0.1) is 17.9 Å². The second kappa shape index (κ2) is 6.14. The number of carbonyl (C=O) groups is 1. The van der Waals surface area contributed by atoms with Gasteiger partial charge in [-0.1, -0.05) is 30.3 Å². The number of nitrogens with one attached hydrogen (secondary N) is 2. The van der Waals surface area contributed by atoms with Gasteiger partial charge in [-0.05, 0) is 37.6 Å². The van der Waals surface area contributed by atoms with Crippen LogP contribution in [-0.4, -0.2) is 19.0 Å². The highest BCUT2D eigenvalue weighted by Crippen LogP contribution is 2.33. The number of benzene rings is 1. The number of amides is 1. The maximum atomic E-state index is 12.8. The molecule has 21 heavy (non-hydrogen) atoms. The van der Waals surface area contributed by atoms with E-state index in [0.717, 1.165) is 37.1 Å². The number of rotatable bonds is 4. The van der Waals surface area contributed by atoms with Crippen molar-refractivity contribution in [2.75, 3.05) is 13.1 Å². The van der Waals surface area contributed by atoms with Gasteiger partial charge in [0.1, 0.15) is 0 Å². The summed E-state index contributed by atoms with van der Waals surface area (Å²) >= 11 is 0. The van der Waals surface area contributed by atoms with E-state index in [1.54, 1.807) is 12.5 Å². The van der Waals surface area contributed by atoms with Crippen molar-refractivity contribution in [2.24, 2.45) is 0 Å². The van der Waals surface area contributed by atoms with Crippen LogP contribution in [0.25, 0.3) is 0 Å². The lowest BCUT2D eigenvalue weighted by Crippen LogP contribution is -2.50. The minimum absolute atomic E-state index is 0.108. The summed E-state index contributed by atoms with van der Waals surface area (Å²) < 4.78 is 5.04. The minimum atomic E-state index is -0.420. The molecule has 3 rings (SSSR count). The van der Waals surface area contributed by atoms with Crippen LogP contribution in [0.4, 0.5) is 0 Å². The van der Waals surface area contributed by atoms with E-state index in [4.69, 9.17) is 4.42 Å². The summed E-state index contributed by atoms with van der Waals surface area (Å²) in [7, 11) is 0. The lowest BCUT2D eigenvalue weighted by atomic mass is 9.72. The first-order chi connectivity index (χ1) is 10.3. The van der Waals surface area contributed by atoms with Crippen LogP contribution in [0.15, 0.2) is 53.3 Å². The lowest BCUT2D eigenvalue weighted by Gasteiger charge is -2.36. The smallest absolute Gasteiger partial charge is 0.231 e. The third-order valence-electron chi connectivity index (χ3n) is 4.25. The summed E-state index contributed by atoms with van der Waals surface area (Å²) in [6.07, 6.45) is 4.94. The Morgan fingerprint density at radius 2 is 1.95 bits per heavy atom. The Hall–Kier alpha value is -2.07. The Kier molecular flexibility index (Phi) is 4.06. The highest BCUT2D eigenvalue weighted by atomic mass is 16.3. The Morgan fingerprint density at radius 1 is 1.19 bits per heavy atom. The van der Waals surface area contributed by atoms with Gasteiger partial charge in [0.2, 0.25) is 5.91 Å². The summed E-state index contributed by atoms with van der Waals surface area (Å²) in [5.74, 6) is 0.108. The van der Waals surface area contributed by atoms with Gasteiger partial charge in [-0.3, -0.25) is 4.79 Å². The fourth-order valence-corrected chi connectivity index (χ4v) is 3.00. The highest BCUT2D eigenvalue weighted by molar-refractivity contribution is 5.88. The van der Waals surface area contributed by atoms with Gasteiger partial charge in [0, 0.05) is 12.1 Å². The van der Waals surface area contributed by atoms with Crippen molar-refractivity contribution in [1.82, 2.24) is 10.6 Å². The van der Waals surface area contributed by atoms with E-state index in [2.05, 4.69) is 22.8 Å². The molecule has 1 aromatic heterocycles. The van der Waals surface area contributed by atoms with E-state index in [1.807, 2.05) is 24.3 Å². The Bertz CT molecular complexity index is 572. The molecule has 0 bridgehead atoms. The quantitative estimate of drug-likeness (QED) is 0.905. The predicted molar refractivity (Wildman–Crippen MR) is 80.8 cm³/mol. The third-order valence-corrected chi connectivity index (χ3v) is 4.25. The maximum Gasteiger partial charge on any atom is 0.231 e. The molecule has 4 heteroatoms. The molecule has 1 aliphatic heterocycles. The normalized spacial score (nSPS) is 17.3. The molecule has 2 N–H and O–H groups in total. The number of hydrogen-bond acceptors (Lipinski definition) is 3. The maximum absolute atomic E-state index is 12.8. The van der Waals surface area contributed by atoms with E-state index in [1.165, 1.54) is 0 Å². The molecule has 4 nitrogen and oxygen atoms in total. The summed E-state index contributed by atoms with van der Waals surface area (Å²) in [5, 5.41) is 6.41. The van der Waals surface area contributed by atoms with Crippen LogP contribution in [0.2, 0.25) is 0 Å². The van der Waals surface area contributed by atoms with Gasteiger partial charge >= 0.3 is 0 Å². The van der Waals surface area contributed by atoms with Crippen molar-refractivity contribution in [3.63, 3.8) is 0 Å². The molecular formula is C17H20N2O2. The van der Waals surface area contributed by atoms with Crippen molar-refractivity contribution in [3.8, 4) is 0 Å². The molecule has 0 unspecified atom stereocenters. The van der Waals surface area contributed by atoms with Gasteiger partial charge in [-0.25, -0.2) is 0 Å². The summed E-state index contributed by atoms with van der Waals surface area (Å²) in [6, 6.07) is 12.0. The average Bonchev–Trinajstić information content (AvgIpc) is 3.07. The van der Waals surface area contributed by atoms with Crippen molar-refractivity contribution >= 4 is 5.91 Å². The lowest BCUT2D eigenvalue weighted by molar-refractivity contribution is -0.128. The van der Waals surface area contributed by atoms with Gasteiger partial charge in [0.25, 0.3) is 0 Å². The molecule has 0 aliphatic carbocycles. The molecular weight excluding hydrogens is 264 g/mol. The molecule has 1 amide bonds. The van der Waals surface area contributed by atoms with Crippen LogP contribution in [0, 0.1) is 0 Å². The Labute approximate surface area is 124 Å². The Morgan fingerprint density at radius 3 is 2.62 bits per heavy atom. The second-order valence-corrected chi connectivity index (χ2v) is 5.51. The number of piperidine rings is 1. The average molecular weight is 284 g/mol. The summed E-state index contributed by atoms with van der Waals surface area (Å²) in [4.78, 5) is 12.8. The van der Waals surface area contributed by atoms with Crippen LogP contribution < -0.4 is 10.6 Å². The fraction of sp³-hybridized carbons (Fsp3) is 0.353. The van der Waals surface area contributed by atoms with E-state index >= 15 is 0 Å². The summed E-state index contributed by atoms with van der Waals surface area (Å²) in [6.45, 7) is 2.25. The zero-order valence-corrected chi connectivity index (χ0v) is 12.0. The topological polar surface area (TPSA) is 54.3 Å². The molecule has 0 radical (unpaired) electrons. The van der Waals surface area contributed by atoms with Crippen molar-refractivity contribution in [3.05, 3.63) is 60.1 Å². The van der Waals surface area contributed by atoms with Crippen molar-refractivity contribution in [1.29, 1.82) is 0 Å². The first-order valence-electron chi connectivity index (χ1n) is 7.37. The van der Waals surface area contributed by atoms with E-state index in [-0.39, 0.29) is 5.91 Å². The third kappa shape index (κ3) is 2.85. The van der Waals surface area contributed by atoms with Crippen molar-refractivity contribution in [2.45, 2.75) is 24.8 Å². The molecule has 110 valence electrons. The monoisotopic (exact) mass is 284 g/mol. The SMILES string of the molecule is O=C(NCc1ccoc1)C1(c2ccccc2)CCNCC1. The Balaban J connectivity index is 1.80. The minimum Gasteiger partial charge on any atom is -0.472 e. The molecule has 1 fully saturated rings. The van der Waals surface area contributed by atoms with Crippen LogP contribution in [0.3, 0.4) is 0 Å². The number of hydrogen-bond donors (Lipinski definition) is 2. The highest BCUT2D eigenvalue weighted by Gasteiger charge is 2.40. The number of furan rings is 1. The van der Waals surface area contributed by atoms with Crippen LogP contribution in [0.5, 0.6) is 0 Å². The van der Waals surface area contributed by atoms with E-state index in [0.29, 0.717) is 6.54 Å². The molecule has 1 aromatic carbocycles. The molecule has 2 heterocycles. The molecule has 2 aromatic rings. The molecule has 0 atom stereocenters. The van der Waals surface area contributed by atoms with Crippen LogP contribution >= 0.6 is 0 Å². The first-order valence-corrected chi connectivity index (χ1v) is 7.37. The van der Waals surface area contributed by atoms with Gasteiger partial charge in [-0.15, -0.1) is 0 Å². The van der Waals surface area contributed by atoms with Gasteiger partial charge < -0.3 is 15.1 Å². The van der Waals surface area contributed by atoms with Crippen molar-refractivity contribution < 1.29 is 9.21 Å². The second-order valence-electron chi connectivity index (χ2n) is 5.51. The number of carbonyl (C=O) groups excluding carboxylic acids is 1. The van der Waals surface area contributed by atoms with E-state index in [9.17, 15) is 4.79 Å². The fourth-order valence-electron chi connectivity index (χ4n) is 3.00. The standard InChI is InChI=1S/C17H20N2O2/c20-16(19-12-14-6-11-21-13-14)17(7-9-18-10-8-17)15-4-2-1-3-5-15/h1-6,11,13,18H,7-10,12H2,(H,19,20). The van der Waals surface area contributed by atoms with Gasteiger partial charge in [-0.2, -0.15) is 0 Å².